The molecule has 0 rings (SSSR count). The lowest BCUT2D eigenvalue weighted by atomic mass is 9.94. The largest absolute Gasteiger partial charge is 0.103 e. The van der Waals surface area contributed by atoms with Crippen molar-refractivity contribution in [1.82, 2.24) is 0 Å². The van der Waals surface area contributed by atoms with Gasteiger partial charge in [-0.1, -0.05) is 52.5 Å². The Morgan fingerprint density at radius 1 is 1.08 bits per heavy atom. The van der Waals surface area contributed by atoms with Gasteiger partial charge in [-0.05, 0) is 24.7 Å². The van der Waals surface area contributed by atoms with E-state index in [1.165, 1.54) is 38.5 Å². The van der Waals surface area contributed by atoms with E-state index in [4.69, 9.17) is 0 Å². The van der Waals surface area contributed by atoms with Crippen LogP contribution in [0.5, 0.6) is 0 Å². The highest BCUT2D eigenvalue weighted by molar-refractivity contribution is 4.68. The minimum atomic E-state index is 0.891. The molecule has 0 aromatic rings. The molecule has 13 heavy (non-hydrogen) atoms. The van der Waals surface area contributed by atoms with Crippen LogP contribution in [0.15, 0.2) is 12.7 Å². The summed E-state index contributed by atoms with van der Waals surface area (Å²) in [5.41, 5.74) is 0. The van der Waals surface area contributed by atoms with Gasteiger partial charge in [0.15, 0.2) is 0 Å². The molecular formula is C13H26. The van der Waals surface area contributed by atoms with Crippen molar-refractivity contribution in [3.63, 3.8) is 0 Å². The molecule has 0 heteroatoms. The summed E-state index contributed by atoms with van der Waals surface area (Å²) in [5.74, 6) is 1.81. The molecule has 0 aromatic heterocycles. The van der Waals surface area contributed by atoms with Gasteiger partial charge in [0.1, 0.15) is 0 Å². The Bertz CT molecular complexity index is 115. The minimum absolute atomic E-state index is 0.891. The quantitative estimate of drug-likeness (QED) is 0.473. The van der Waals surface area contributed by atoms with Crippen molar-refractivity contribution in [2.75, 3.05) is 0 Å². The summed E-state index contributed by atoms with van der Waals surface area (Å²) in [6.07, 6.45) is 10.1. The van der Waals surface area contributed by atoms with Crippen LogP contribution in [-0.4, -0.2) is 0 Å². The predicted molar refractivity (Wildman–Crippen MR) is 61.9 cm³/mol. The molecule has 0 spiro atoms. The van der Waals surface area contributed by atoms with E-state index in [1.807, 2.05) is 6.08 Å². The summed E-state index contributed by atoms with van der Waals surface area (Å²) >= 11 is 0. The molecule has 0 aliphatic rings. The van der Waals surface area contributed by atoms with E-state index in [0.29, 0.717) is 0 Å². The fourth-order valence-corrected chi connectivity index (χ4v) is 1.57. The van der Waals surface area contributed by atoms with E-state index in [2.05, 4.69) is 27.4 Å². The van der Waals surface area contributed by atoms with Crippen LogP contribution < -0.4 is 0 Å². The van der Waals surface area contributed by atoms with Gasteiger partial charge in [-0.2, -0.15) is 0 Å². The van der Waals surface area contributed by atoms with Crippen LogP contribution in [0.2, 0.25) is 0 Å². The van der Waals surface area contributed by atoms with Crippen molar-refractivity contribution in [3.8, 4) is 0 Å². The Morgan fingerprint density at radius 2 is 1.69 bits per heavy atom. The van der Waals surface area contributed by atoms with E-state index in [1.54, 1.807) is 0 Å². The van der Waals surface area contributed by atoms with Gasteiger partial charge in [-0.25, -0.2) is 0 Å². The molecule has 0 nitrogen and oxygen atoms in total. The number of allylic oxidation sites excluding steroid dienone is 1. The first-order valence-corrected chi connectivity index (χ1v) is 5.81. The Balaban J connectivity index is 3.25. The molecule has 0 aliphatic carbocycles. The molecule has 0 saturated heterocycles. The Kier molecular flexibility index (Phi) is 8.18. The second-order valence-electron chi connectivity index (χ2n) is 4.42. The summed E-state index contributed by atoms with van der Waals surface area (Å²) in [6.45, 7) is 10.8. The Morgan fingerprint density at radius 3 is 2.23 bits per heavy atom. The van der Waals surface area contributed by atoms with Gasteiger partial charge in [0.05, 0.1) is 0 Å². The van der Waals surface area contributed by atoms with Crippen molar-refractivity contribution in [1.29, 1.82) is 0 Å². The molecule has 0 radical (unpaired) electrons. The van der Waals surface area contributed by atoms with Gasteiger partial charge >= 0.3 is 0 Å². The van der Waals surface area contributed by atoms with Gasteiger partial charge in [0.25, 0.3) is 0 Å². The zero-order valence-electron chi connectivity index (χ0n) is 9.68. The molecule has 0 N–H and O–H groups in total. The van der Waals surface area contributed by atoms with Crippen LogP contribution in [0.1, 0.15) is 59.3 Å². The molecule has 0 aromatic carbocycles. The molecule has 0 aliphatic heterocycles. The molecule has 0 bridgehead atoms. The van der Waals surface area contributed by atoms with Gasteiger partial charge < -0.3 is 0 Å². The second-order valence-corrected chi connectivity index (χ2v) is 4.42. The smallest absolute Gasteiger partial charge is 0.0351 e. The molecule has 0 heterocycles. The van der Waals surface area contributed by atoms with Gasteiger partial charge in [0.2, 0.25) is 0 Å². The topological polar surface area (TPSA) is 0 Å². The first-order chi connectivity index (χ1) is 6.20. The third-order valence-electron chi connectivity index (χ3n) is 2.95. The van der Waals surface area contributed by atoms with E-state index in [-0.39, 0.29) is 0 Å². The fraction of sp³-hybridized carbons (Fsp3) is 0.846. The van der Waals surface area contributed by atoms with Crippen LogP contribution in [0.25, 0.3) is 0 Å². The molecule has 0 saturated carbocycles. The molecule has 78 valence electrons. The third kappa shape index (κ3) is 8.08. The minimum Gasteiger partial charge on any atom is -0.103 e. The van der Waals surface area contributed by atoms with Crippen LogP contribution in [0.4, 0.5) is 0 Å². The van der Waals surface area contributed by atoms with Crippen LogP contribution in [0.3, 0.4) is 0 Å². The predicted octanol–water partition coefficient (Wildman–Crippen LogP) is 4.81. The first kappa shape index (κ1) is 12.7. The van der Waals surface area contributed by atoms with Crippen molar-refractivity contribution >= 4 is 0 Å². The van der Waals surface area contributed by atoms with Crippen LogP contribution >= 0.6 is 0 Å². The summed E-state index contributed by atoms with van der Waals surface area (Å²) in [5, 5.41) is 0. The SMILES string of the molecule is C=CCC[C@@H](C)CCC[C@@H](C)CC. The second kappa shape index (κ2) is 8.34. The average molecular weight is 182 g/mol. The van der Waals surface area contributed by atoms with Crippen molar-refractivity contribution < 1.29 is 0 Å². The average Bonchev–Trinajstić information content (AvgIpc) is 2.14. The summed E-state index contributed by atoms with van der Waals surface area (Å²) < 4.78 is 0. The highest BCUT2D eigenvalue weighted by Crippen LogP contribution is 2.17. The summed E-state index contributed by atoms with van der Waals surface area (Å²) in [4.78, 5) is 0. The number of hydrogen-bond acceptors (Lipinski definition) is 0. The normalized spacial score (nSPS) is 15.3. The highest BCUT2D eigenvalue weighted by Gasteiger charge is 2.03. The fourth-order valence-electron chi connectivity index (χ4n) is 1.57. The third-order valence-corrected chi connectivity index (χ3v) is 2.95. The lowest BCUT2D eigenvalue weighted by molar-refractivity contribution is 0.420. The molecule has 0 amide bonds. The van der Waals surface area contributed by atoms with E-state index < -0.39 is 0 Å². The maximum absolute atomic E-state index is 3.75. The van der Waals surface area contributed by atoms with Crippen molar-refractivity contribution in [2.45, 2.75) is 59.3 Å². The van der Waals surface area contributed by atoms with E-state index >= 15 is 0 Å². The molecule has 0 fully saturated rings. The highest BCUT2D eigenvalue weighted by atomic mass is 14.1. The van der Waals surface area contributed by atoms with Gasteiger partial charge in [0, 0.05) is 0 Å². The van der Waals surface area contributed by atoms with Crippen LogP contribution in [0, 0.1) is 11.8 Å². The number of hydrogen-bond donors (Lipinski definition) is 0. The zero-order chi connectivity index (χ0) is 10.1. The zero-order valence-corrected chi connectivity index (χ0v) is 9.68. The monoisotopic (exact) mass is 182 g/mol. The Hall–Kier alpha value is -0.260. The maximum atomic E-state index is 3.75. The standard InChI is InChI=1S/C13H26/c1-5-7-9-13(4)11-8-10-12(3)6-2/h5,12-13H,1,6-11H2,2-4H3/t12-,13+/m0/s1. The van der Waals surface area contributed by atoms with Gasteiger partial charge in [-0.15, -0.1) is 6.58 Å². The molecule has 2 atom stereocenters. The summed E-state index contributed by atoms with van der Waals surface area (Å²) in [7, 11) is 0. The number of rotatable bonds is 8. The summed E-state index contributed by atoms with van der Waals surface area (Å²) in [6, 6.07) is 0. The lowest BCUT2D eigenvalue weighted by Crippen LogP contribution is -1.97. The van der Waals surface area contributed by atoms with Crippen molar-refractivity contribution in [3.05, 3.63) is 12.7 Å². The molecule has 0 unspecified atom stereocenters. The first-order valence-electron chi connectivity index (χ1n) is 5.81. The van der Waals surface area contributed by atoms with Crippen molar-refractivity contribution in [2.24, 2.45) is 11.8 Å². The van der Waals surface area contributed by atoms with Crippen LogP contribution in [-0.2, 0) is 0 Å². The van der Waals surface area contributed by atoms with Gasteiger partial charge in [-0.3, -0.25) is 0 Å². The van der Waals surface area contributed by atoms with E-state index in [0.717, 1.165) is 11.8 Å². The maximum Gasteiger partial charge on any atom is -0.0351 e. The molecular weight excluding hydrogens is 156 g/mol. The van der Waals surface area contributed by atoms with E-state index in [9.17, 15) is 0 Å². The Labute approximate surface area is 84.4 Å². The lowest BCUT2D eigenvalue weighted by Gasteiger charge is -2.12.